The molecule has 5 aromatic rings. The minimum Gasteiger partial charge on any atom is -0.493 e. The van der Waals surface area contributed by atoms with Crippen LogP contribution in [-0.4, -0.2) is 36.6 Å². The lowest BCUT2D eigenvalue weighted by atomic mass is 9.95. The van der Waals surface area contributed by atoms with Gasteiger partial charge in [0, 0.05) is 37.2 Å². The molecule has 182 valence electrons. The van der Waals surface area contributed by atoms with Gasteiger partial charge in [-0.05, 0) is 56.9 Å². The first kappa shape index (κ1) is 23.9. The molecule has 36 heavy (non-hydrogen) atoms. The molecule has 0 spiro atoms. The fourth-order valence-electron chi connectivity index (χ4n) is 4.46. The summed E-state index contributed by atoms with van der Waals surface area (Å²) in [5.41, 5.74) is 3.93. The highest BCUT2D eigenvalue weighted by molar-refractivity contribution is 5.92. The normalized spacial score (nSPS) is 11.2. The van der Waals surface area contributed by atoms with Crippen molar-refractivity contribution in [2.75, 3.05) is 26.4 Å². The van der Waals surface area contributed by atoms with E-state index in [4.69, 9.17) is 9.47 Å². The van der Waals surface area contributed by atoms with Crippen LogP contribution < -0.4 is 9.47 Å². The Hall–Kier alpha value is -3.86. The zero-order chi connectivity index (χ0) is 24.7. The third-order valence-electron chi connectivity index (χ3n) is 6.32. The summed E-state index contributed by atoms with van der Waals surface area (Å²) in [6.45, 7) is 0.980. The molecular weight excluding hydrogens is 448 g/mol. The second-order valence-electron chi connectivity index (χ2n) is 8.82. The van der Waals surface area contributed by atoms with Gasteiger partial charge in [-0.25, -0.2) is 0 Å². The van der Waals surface area contributed by atoms with Gasteiger partial charge in [0.05, 0.1) is 13.2 Å². The average molecular weight is 479 g/mol. The van der Waals surface area contributed by atoms with Gasteiger partial charge in [-0.1, -0.05) is 72.8 Å². The van der Waals surface area contributed by atoms with Gasteiger partial charge in [-0.3, -0.25) is 0 Å². The van der Waals surface area contributed by atoms with Crippen LogP contribution in [0.25, 0.3) is 43.8 Å². The van der Waals surface area contributed by atoms with Gasteiger partial charge < -0.3 is 19.7 Å². The van der Waals surface area contributed by atoms with E-state index in [2.05, 4.69) is 60.7 Å². The van der Waals surface area contributed by atoms with Crippen LogP contribution in [-0.2, 0) is 0 Å². The van der Waals surface area contributed by atoms with E-state index in [1.165, 1.54) is 10.8 Å². The van der Waals surface area contributed by atoms with E-state index in [1.54, 1.807) is 0 Å². The first-order chi connectivity index (χ1) is 17.8. The average Bonchev–Trinajstić information content (AvgIpc) is 2.93. The topological polar surface area (TPSA) is 58.9 Å². The number of hydrogen-bond donors (Lipinski definition) is 2. The Morgan fingerprint density at radius 1 is 0.472 bits per heavy atom. The first-order valence-electron chi connectivity index (χ1n) is 12.4. The molecular formula is C32H30O4. The van der Waals surface area contributed by atoms with Crippen molar-refractivity contribution >= 4 is 21.5 Å². The quantitative estimate of drug-likeness (QED) is 0.216. The van der Waals surface area contributed by atoms with Gasteiger partial charge in [-0.15, -0.1) is 0 Å². The smallest absolute Gasteiger partial charge is 0.128 e. The Morgan fingerprint density at radius 2 is 0.889 bits per heavy atom. The number of hydrogen-bond acceptors (Lipinski definition) is 4. The van der Waals surface area contributed by atoms with Gasteiger partial charge in [0.2, 0.25) is 0 Å². The highest BCUT2D eigenvalue weighted by atomic mass is 16.5. The number of aliphatic hydroxyl groups is 2. The van der Waals surface area contributed by atoms with Gasteiger partial charge in [0.15, 0.2) is 0 Å². The molecule has 0 atom stereocenters. The molecule has 0 aliphatic heterocycles. The first-order valence-corrected chi connectivity index (χ1v) is 12.4. The largest absolute Gasteiger partial charge is 0.493 e. The van der Waals surface area contributed by atoms with Crippen LogP contribution in [0.1, 0.15) is 12.8 Å². The Balaban J connectivity index is 1.66. The van der Waals surface area contributed by atoms with E-state index in [-0.39, 0.29) is 13.2 Å². The Kier molecular flexibility index (Phi) is 7.46. The van der Waals surface area contributed by atoms with E-state index in [0.29, 0.717) is 26.1 Å². The molecule has 0 saturated heterocycles. The number of ether oxygens (including phenoxy) is 2. The van der Waals surface area contributed by atoms with Crippen molar-refractivity contribution in [1.29, 1.82) is 0 Å². The molecule has 2 N–H and O–H groups in total. The molecule has 0 bridgehead atoms. The van der Waals surface area contributed by atoms with Crippen LogP contribution in [0.5, 0.6) is 11.5 Å². The number of benzene rings is 5. The van der Waals surface area contributed by atoms with E-state index < -0.39 is 0 Å². The summed E-state index contributed by atoms with van der Waals surface area (Å²) in [5.74, 6) is 1.49. The minimum absolute atomic E-state index is 0.0746. The molecule has 0 radical (unpaired) electrons. The molecule has 4 heteroatoms. The van der Waals surface area contributed by atoms with Crippen LogP contribution in [0.2, 0.25) is 0 Å². The number of fused-ring (bicyclic) bond motifs is 2. The molecule has 0 heterocycles. The zero-order valence-corrected chi connectivity index (χ0v) is 20.2. The highest BCUT2D eigenvalue weighted by Gasteiger charge is 2.16. The van der Waals surface area contributed by atoms with Crippen molar-refractivity contribution in [1.82, 2.24) is 0 Å². The maximum absolute atomic E-state index is 9.33. The second kappa shape index (κ2) is 11.3. The fourth-order valence-corrected chi connectivity index (χ4v) is 4.46. The molecule has 5 rings (SSSR count). The van der Waals surface area contributed by atoms with E-state index in [9.17, 15) is 10.2 Å². The molecule has 0 amide bonds. The van der Waals surface area contributed by atoms with Crippen molar-refractivity contribution in [3.8, 4) is 33.8 Å². The van der Waals surface area contributed by atoms with Gasteiger partial charge in [0.25, 0.3) is 0 Å². The Morgan fingerprint density at radius 3 is 1.31 bits per heavy atom. The molecule has 4 nitrogen and oxygen atoms in total. The van der Waals surface area contributed by atoms with Crippen LogP contribution in [0, 0.1) is 0 Å². The third kappa shape index (κ3) is 5.20. The zero-order valence-electron chi connectivity index (χ0n) is 20.2. The Bertz CT molecular complexity index is 1360. The van der Waals surface area contributed by atoms with Crippen LogP contribution in [0.3, 0.4) is 0 Å². The SMILES string of the molecule is OCCCOc1cc(-c2ccc3ccccc3c2)c(OCCCO)cc1-c1ccc2ccccc2c1. The summed E-state index contributed by atoms with van der Waals surface area (Å²) in [6.07, 6.45) is 1.11. The maximum atomic E-state index is 9.33. The molecule has 0 aromatic heterocycles. The monoisotopic (exact) mass is 478 g/mol. The lowest BCUT2D eigenvalue weighted by Crippen LogP contribution is -2.04. The van der Waals surface area contributed by atoms with E-state index >= 15 is 0 Å². The standard InChI is InChI=1S/C32H30O4/c33-15-5-17-35-31-22-30(28-14-12-24-8-2-4-10-26(24)20-28)32(36-18-6-16-34)21-29(31)27-13-11-23-7-1-3-9-25(23)19-27/h1-4,7-14,19-22,33-34H,5-6,15-18H2. The second-order valence-corrected chi connectivity index (χ2v) is 8.82. The summed E-state index contributed by atoms with van der Waals surface area (Å²) in [6, 6.07) is 33.4. The maximum Gasteiger partial charge on any atom is 0.128 e. The molecule has 5 aromatic carbocycles. The van der Waals surface area contributed by atoms with E-state index in [0.717, 1.165) is 44.5 Å². The van der Waals surface area contributed by atoms with Crippen molar-refractivity contribution in [3.05, 3.63) is 97.1 Å². The predicted octanol–water partition coefficient (Wildman–Crippen LogP) is 6.85. The van der Waals surface area contributed by atoms with Crippen molar-refractivity contribution in [2.45, 2.75) is 12.8 Å². The highest BCUT2D eigenvalue weighted by Crippen LogP contribution is 2.42. The lowest BCUT2D eigenvalue weighted by molar-refractivity contribution is 0.231. The summed E-state index contributed by atoms with van der Waals surface area (Å²) < 4.78 is 12.4. The predicted molar refractivity (Wildman–Crippen MR) is 147 cm³/mol. The fraction of sp³-hybridized carbons (Fsp3) is 0.188. The van der Waals surface area contributed by atoms with Crippen molar-refractivity contribution in [3.63, 3.8) is 0 Å². The van der Waals surface area contributed by atoms with Gasteiger partial charge >= 0.3 is 0 Å². The third-order valence-corrected chi connectivity index (χ3v) is 6.32. The molecule has 0 aliphatic carbocycles. The van der Waals surface area contributed by atoms with Gasteiger partial charge in [0.1, 0.15) is 11.5 Å². The molecule has 0 fully saturated rings. The Labute approximate surface area is 211 Å². The summed E-state index contributed by atoms with van der Waals surface area (Å²) in [5, 5.41) is 23.3. The molecule has 0 aliphatic rings. The van der Waals surface area contributed by atoms with Crippen LogP contribution in [0.15, 0.2) is 97.1 Å². The molecule has 0 saturated carbocycles. The van der Waals surface area contributed by atoms with Gasteiger partial charge in [-0.2, -0.15) is 0 Å². The number of aliphatic hydroxyl groups excluding tert-OH is 2. The lowest BCUT2D eigenvalue weighted by Gasteiger charge is -2.19. The summed E-state index contributed by atoms with van der Waals surface area (Å²) in [7, 11) is 0. The summed E-state index contributed by atoms with van der Waals surface area (Å²) in [4.78, 5) is 0. The van der Waals surface area contributed by atoms with Crippen molar-refractivity contribution < 1.29 is 19.7 Å². The van der Waals surface area contributed by atoms with Crippen molar-refractivity contribution in [2.24, 2.45) is 0 Å². The van der Waals surface area contributed by atoms with E-state index in [1.807, 2.05) is 36.4 Å². The van der Waals surface area contributed by atoms with Crippen LogP contribution >= 0.6 is 0 Å². The minimum atomic E-state index is 0.0746. The molecule has 0 unspecified atom stereocenters. The van der Waals surface area contributed by atoms with Crippen LogP contribution in [0.4, 0.5) is 0 Å². The summed E-state index contributed by atoms with van der Waals surface area (Å²) >= 11 is 0. The number of rotatable bonds is 10.